The minimum atomic E-state index is -0.384. The Bertz CT molecular complexity index is 899. The molecule has 0 bridgehead atoms. The number of hydrogen-bond donors (Lipinski definition) is 1. The van der Waals surface area contributed by atoms with E-state index in [0.717, 1.165) is 22.2 Å². The Hall–Kier alpha value is -2.60. The van der Waals surface area contributed by atoms with Crippen molar-refractivity contribution in [2.45, 2.75) is 19.9 Å². The SMILES string of the molecule is CCc1cc(=O)oc2cc(OCC(=O)NCc3cccs3)ccc12. The molecule has 0 spiro atoms. The van der Waals surface area contributed by atoms with Crippen molar-refractivity contribution in [3.63, 3.8) is 0 Å². The van der Waals surface area contributed by atoms with Crippen molar-refractivity contribution in [1.29, 1.82) is 0 Å². The predicted octanol–water partition coefficient (Wildman–Crippen LogP) is 3.11. The summed E-state index contributed by atoms with van der Waals surface area (Å²) in [5, 5.41) is 5.64. The Labute approximate surface area is 142 Å². The van der Waals surface area contributed by atoms with Gasteiger partial charge in [-0.1, -0.05) is 13.0 Å². The number of benzene rings is 1. The fourth-order valence-corrected chi connectivity index (χ4v) is 3.04. The monoisotopic (exact) mass is 343 g/mol. The third-order valence-corrected chi connectivity index (χ3v) is 4.47. The van der Waals surface area contributed by atoms with E-state index < -0.39 is 0 Å². The molecule has 0 aliphatic heterocycles. The van der Waals surface area contributed by atoms with Gasteiger partial charge in [-0.05, 0) is 35.6 Å². The second kappa shape index (κ2) is 7.31. The molecule has 3 rings (SSSR count). The second-order valence-electron chi connectivity index (χ2n) is 5.25. The zero-order valence-corrected chi connectivity index (χ0v) is 14.0. The first-order valence-electron chi connectivity index (χ1n) is 7.64. The number of rotatable bonds is 6. The first-order chi connectivity index (χ1) is 11.7. The van der Waals surface area contributed by atoms with Gasteiger partial charge in [0.25, 0.3) is 5.91 Å². The van der Waals surface area contributed by atoms with Crippen LogP contribution in [-0.4, -0.2) is 12.5 Å². The zero-order chi connectivity index (χ0) is 16.9. The van der Waals surface area contributed by atoms with Crippen molar-refractivity contribution in [3.05, 3.63) is 62.6 Å². The molecule has 5 nitrogen and oxygen atoms in total. The van der Waals surface area contributed by atoms with Crippen molar-refractivity contribution in [2.75, 3.05) is 6.61 Å². The molecule has 1 N–H and O–H groups in total. The molecule has 0 unspecified atom stereocenters. The quantitative estimate of drug-likeness (QED) is 0.698. The Kier molecular flexibility index (Phi) is 4.96. The lowest BCUT2D eigenvalue weighted by Crippen LogP contribution is -2.28. The van der Waals surface area contributed by atoms with Crippen molar-refractivity contribution >= 4 is 28.2 Å². The van der Waals surface area contributed by atoms with E-state index in [1.54, 1.807) is 23.5 Å². The van der Waals surface area contributed by atoms with Crippen LogP contribution in [0.15, 0.2) is 51.0 Å². The summed E-state index contributed by atoms with van der Waals surface area (Å²) in [5.41, 5.74) is 1.02. The maximum atomic E-state index is 11.8. The number of hydrogen-bond acceptors (Lipinski definition) is 5. The van der Waals surface area contributed by atoms with E-state index in [9.17, 15) is 9.59 Å². The Morgan fingerprint density at radius 2 is 2.17 bits per heavy atom. The van der Waals surface area contributed by atoms with Crippen LogP contribution in [0.2, 0.25) is 0 Å². The van der Waals surface area contributed by atoms with Crippen LogP contribution in [0.3, 0.4) is 0 Å². The molecule has 0 aliphatic rings. The van der Waals surface area contributed by atoms with Gasteiger partial charge in [-0.3, -0.25) is 4.79 Å². The van der Waals surface area contributed by atoms with Crippen LogP contribution < -0.4 is 15.7 Å². The third kappa shape index (κ3) is 3.83. The molecule has 0 fully saturated rings. The van der Waals surface area contributed by atoms with E-state index in [2.05, 4.69) is 5.32 Å². The predicted molar refractivity (Wildman–Crippen MR) is 93.5 cm³/mol. The molecule has 6 heteroatoms. The average Bonchev–Trinajstić information content (AvgIpc) is 3.10. The van der Waals surface area contributed by atoms with Crippen molar-refractivity contribution in [3.8, 4) is 5.75 Å². The second-order valence-corrected chi connectivity index (χ2v) is 6.28. The van der Waals surface area contributed by atoms with Gasteiger partial charge >= 0.3 is 5.63 Å². The average molecular weight is 343 g/mol. The van der Waals surface area contributed by atoms with Crippen LogP contribution >= 0.6 is 11.3 Å². The van der Waals surface area contributed by atoms with Gasteiger partial charge in [0, 0.05) is 22.4 Å². The molecule has 0 atom stereocenters. The summed E-state index contributed by atoms with van der Waals surface area (Å²) in [6.07, 6.45) is 0.743. The Morgan fingerprint density at radius 3 is 2.92 bits per heavy atom. The number of thiophene rings is 1. The van der Waals surface area contributed by atoms with Crippen molar-refractivity contribution in [2.24, 2.45) is 0 Å². The lowest BCUT2D eigenvalue weighted by molar-refractivity contribution is -0.123. The number of nitrogens with one attached hydrogen (secondary N) is 1. The van der Waals surface area contributed by atoms with Gasteiger partial charge < -0.3 is 14.5 Å². The highest BCUT2D eigenvalue weighted by molar-refractivity contribution is 7.09. The highest BCUT2D eigenvalue weighted by atomic mass is 32.1. The van der Waals surface area contributed by atoms with Crippen LogP contribution in [0.25, 0.3) is 11.0 Å². The van der Waals surface area contributed by atoms with Crippen LogP contribution in [-0.2, 0) is 17.8 Å². The standard InChI is InChI=1S/C18H17NO4S/c1-2-12-8-18(21)23-16-9-13(5-6-15(12)16)22-11-17(20)19-10-14-4-3-7-24-14/h3-9H,2,10-11H2,1H3,(H,19,20). The van der Waals surface area contributed by atoms with Crippen LogP contribution in [0.5, 0.6) is 5.75 Å². The molecule has 0 aliphatic carbocycles. The van der Waals surface area contributed by atoms with Crippen LogP contribution in [0.4, 0.5) is 0 Å². The van der Waals surface area contributed by atoms with Gasteiger partial charge in [-0.15, -0.1) is 11.3 Å². The van der Waals surface area contributed by atoms with Crippen molar-refractivity contribution < 1.29 is 13.9 Å². The molecule has 1 aromatic carbocycles. The minimum Gasteiger partial charge on any atom is -0.484 e. The largest absolute Gasteiger partial charge is 0.484 e. The van der Waals surface area contributed by atoms with Gasteiger partial charge in [0.2, 0.25) is 0 Å². The van der Waals surface area contributed by atoms with E-state index in [1.807, 2.05) is 30.5 Å². The number of carbonyl (C=O) groups is 1. The smallest absolute Gasteiger partial charge is 0.336 e. The molecule has 0 saturated heterocycles. The van der Waals surface area contributed by atoms with Crippen LogP contribution in [0, 0.1) is 0 Å². The van der Waals surface area contributed by atoms with Gasteiger partial charge in [0.1, 0.15) is 11.3 Å². The van der Waals surface area contributed by atoms with E-state index in [1.165, 1.54) is 6.07 Å². The van der Waals surface area contributed by atoms with Gasteiger partial charge in [0.05, 0.1) is 6.54 Å². The van der Waals surface area contributed by atoms with E-state index in [-0.39, 0.29) is 18.1 Å². The molecule has 0 radical (unpaired) electrons. The molecule has 3 aromatic rings. The summed E-state index contributed by atoms with van der Waals surface area (Å²) in [6, 6.07) is 10.7. The fraction of sp³-hybridized carbons (Fsp3) is 0.222. The number of carbonyl (C=O) groups excluding carboxylic acids is 1. The summed E-state index contributed by atoms with van der Waals surface area (Å²) in [4.78, 5) is 24.5. The Balaban J connectivity index is 1.65. The molecule has 2 aromatic heterocycles. The maximum Gasteiger partial charge on any atom is 0.336 e. The number of ether oxygens (including phenoxy) is 1. The third-order valence-electron chi connectivity index (χ3n) is 3.59. The fourth-order valence-electron chi connectivity index (χ4n) is 2.39. The lowest BCUT2D eigenvalue weighted by atomic mass is 10.1. The number of fused-ring (bicyclic) bond motifs is 1. The highest BCUT2D eigenvalue weighted by Crippen LogP contribution is 2.23. The molecular weight excluding hydrogens is 326 g/mol. The first kappa shape index (κ1) is 16.3. The normalized spacial score (nSPS) is 10.7. The molecular formula is C18H17NO4S. The van der Waals surface area contributed by atoms with Crippen LogP contribution in [0.1, 0.15) is 17.4 Å². The van der Waals surface area contributed by atoms with E-state index in [0.29, 0.717) is 17.9 Å². The van der Waals surface area contributed by atoms with E-state index >= 15 is 0 Å². The zero-order valence-electron chi connectivity index (χ0n) is 13.2. The van der Waals surface area contributed by atoms with Gasteiger partial charge in [-0.2, -0.15) is 0 Å². The summed E-state index contributed by atoms with van der Waals surface area (Å²) in [7, 11) is 0. The summed E-state index contributed by atoms with van der Waals surface area (Å²) in [5.74, 6) is 0.289. The van der Waals surface area contributed by atoms with E-state index in [4.69, 9.17) is 9.15 Å². The molecule has 24 heavy (non-hydrogen) atoms. The first-order valence-corrected chi connectivity index (χ1v) is 8.52. The van der Waals surface area contributed by atoms with Crippen molar-refractivity contribution in [1.82, 2.24) is 5.32 Å². The molecule has 1 amide bonds. The molecule has 0 saturated carbocycles. The lowest BCUT2D eigenvalue weighted by Gasteiger charge is -2.08. The summed E-state index contributed by atoms with van der Waals surface area (Å²) in [6.45, 7) is 2.39. The van der Waals surface area contributed by atoms with Gasteiger partial charge in [-0.25, -0.2) is 4.79 Å². The van der Waals surface area contributed by atoms with Gasteiger partial charge in [0.15, 0.2) is 6.61 Å². The highest BCUT2D eigenvalue weighted by Gasteiger charge is 2.08. The summed E-state index contributed by atoms with van der Waals surface area (Å²) >= 11 is 1.59. The topological polar surface area (TPSA) is 68.5 Å². The minimum absolute atomic E-state index is 0.0887. The number of aryl methyl sites for hydroxylation is 1. The summed E-state index contributed by atoms with van der Waals surface area (Å²) < 4.78 is 10.7. The Morgan fingerprint density at radius 1 is 1.29 bits per heavy atom. The molecule has 124 valence electrons. The molecule has 2 heterocycles. The number of amides is 1. The maximum absolute atomic E-state index is 11.8.